The summed E-state index contributed by atoms with van der Waals surface area (Å²) in [6, 6.07) is 0.203. The van der Waals surface area contributed by atoms with Gasteiger partial charge in [0.1, 0.15) is 6.04 Å². The lowest BCUT2D eigenvalue weighted by atomic mass is 9.78. The third kappa shape index (κ3) is 4.03. The molecule has 1 amide bonds. The van der Waals surface area contributed by atoms with Crippen LogP contribution in [0.3, 0.4) is 0 Å². The predicted octanol–water partition coefficient (Wildman–Crippen LogP) is 1.16. The molecule has 1 aromatic rings. The fourth-order valence-corrected chi connectivity index (χ4v) is 4.47. The normalized spacial score (nSPS) is 30.7. The Morgan fingerprint density at radius 2 is 2.08 bits per heavy atom. The first-order valence-corrected chi connectivity index (χ1v) is 9.81. The quantitative estimate of drug-likeness (QED) is 0.865. The van der Waals surface area contributed by atoms with Gasteiger partial charge in [-0.3, -0.25) is 9.69 Å². The zero-order chi connectivity index (χ0) is 17.1. The van der Waals surface area contributed by atoms with Crippen molar-refractivity contribution in [1.82, 2.24) is 25.2 Å². The van der Waals surface area contributed by atoms with E-state index in [1.165, 1.54) is 19.3 Å². The molecule has 2 aliphatic heterocycles. The van der Waals surface area contributed by atoms with Crippen LogP contribution in [0, 0.1) is 5.92 Å². The maximum atomic E-state index is 12.5. The number of hydrogen-bond donors (Lipinski definition) is 1. The first kappa shape index (κ1) is 17.0. The summed E-state index contributed by atoms with van der Waals surface area (Å²) in [6.07, 6.45) is 9.75. The van der Waals surface area contributed by atoms with Gasteiger partial charge >= 0.3 is 0 Å². The van der Waals surface area contributed by atoms with E-state index in [2.05, 4.69) is 20.5 Å². The van der Waals surface area contributed by atoms with Gasteiger partial charge < -0.3 is 10.1 Å². The van der Waals surface area contributed by atoms with Gasteiger partial charge in [-0.05, 0) is 44.6 Å². The summed E-state index contributed by atoms with van der Waals surface area (Å²) in [5.41, 5.74) is 0.992. The van der Waals surface area contributed by atoms with Crippen LogP contribution in [0.1, 0.15) is 50.3 Å². The number of nitrogens with zero attached hydrogens (tertiary/aromatic N) is 4. The molecule has 1 saturated carbocycles. The SMILES string of the molecule is O=C1NC2CCCCC2CC1n1cc(CCCN2CCOCC2)nn1. The van der Waals surface area contributed by atoms with Crippen molar-refractivity contribution in [1.29, 1.82) is 0 Å². The van der Waals surface area contributed by atoms with Crippen molar-refractivity contribution >= 4 is 5.91 Å². The maximum Gasteiger partial charge on any atom is 0.245 e. The molecule has 1 N–H and O–H groups in total. The number of fused-ring (bicyclic) bond motifs is 1. The zero-order valence-corrected chi connectivity index (χ0v) is 14.9. The molecule has 2 saturated heterocycles. The summed E-state index contributed by atoms with van der Waals surface area (Å²) >= 11 is 0. The molecule has 0 aromatic carbocycles. The van der Waals surface area contributed by atoms with Crippen molar-refractivity contribution in [2.75, 3.05) is 32.8 Å². The van der Waals surface area contributed by atoms with Gasteiger partial charge in [0.15, 0.2) is 0 Å². The summed E-state index contributed by atoms with van der Waals surface area (Å²) in [4.78, 5) is 14.9. The lowest BCUT2D eigenvalue weighted by molar-refractivity contribution is -0.129. The summed E-state index contributed by atoms with van der Waals surface area (Å²) < 4.78 is 7.17. The Kier molecular flexibility index (Phi) is 5.31. The molecule has 3 heterocycles. The van der Waals surface area contributed by atoms with E-state index in [9.17, 15) is 4.79 Å². The van der Waals surface area contributed by atoms with Gasteiger partial charge in [0, 0.05) is 25.3 Å². The second-order valence-corrected chi connectivity index (χ2v) is 7.66. The monoisotopic (exact) mass is 347 g/mol. The number of piperidine rings is 1. The molecule has 4 rings (SSSR count). The second-order valence-electron chi connectivity index (χ2n) is 7.66. The number of rotatable bonds is 5. The minimum Gasteiger partial charge on any atom is -0.379 e. The summed E-state index contributed by atoms with van der Waals surface area (Å²) in [5.74, 6) is 0.721. The first-order valence-electron chi connectivity index (χ1n) is 9.81. The smallest absolute Gasteiger partial charge is 0.245 e. The van der Waals surface area contributed by atoms with Crippen molar-refractivity contribution in [2.45, 2.75) is 57.0 Å². The molecule has 1 aliphatic carbocycles. The van der Waals surface area contributed by atoms with E-state index in [1.807, 2.05) is 6.20 Å². The molecule has 7 heteroatoms. The minimum atomic E-state index is -0.181. The molecule has 3 aliphatic rings. The van der Waals surface area contributed by atoms with Crippen molar-refractivity contribution in [3.63, 3.8) is 0 Å². The van der Waals surface area contributed by atoms with Gasteiger partial charge in [0.25, 0.3) is 0 Å². The molecule has 3 fully saturated rings. The molecule has 7 nitrogen and oxygen atoms in total. The van der Waals surface area contributed by atoms with E-state index < -0.39 is 0 Å². The Bertz CT molecular complexity index is 584. The van der Waals surface area contributed by atoms with E-state index >= 15 is 0 Å². The number of amides is 1. The number of carbonyl (C=O) groups excluding carboxylic acids is 1. The van der Waals surface area contributed by atoms with Crippen LogP contribution in [0.4, 0.5) is 0 Å². The average molecular weight is 347 g/mol. The molecule has 0 radical (unpaired) electrons. The number of ether oxygens (including phenoxy) is 1. The number of carbonyl (C=O) groups is 1. The number of hydrogen-bond acceptors (Lipinski definition) is 5. The van der Waals surface area contributed by atoms with E-state index in [1.54, 1.807) is 4.68 Å². The van der Waals surface area contributed by atoms with Gasteiger partial charge in [0.2, 0.25) is 5.91 Å². The number of aryl methyl sites for hydroxylation is 1. The highest BCUT2D eigenvalue weighted by molar-refractivity contribution is 5.81. The maximum absolute atomic E-state index is 12.5. The van der Waals surface area contributed by atoms with Crippen LogP contribution in [0.5, 0.6) is 0 Å². The third-order valence-corrected chi connectivity index (χ3v) is 5.95. The lowest BCUT2D eigenvalue weighted by Crippen LogP contribution is -2.51. The molecule has 138 valence electrons. The Morgan fingerprint density at radius 3 is 2.96 bits per heavy atom. The van der Waals surface area contributed by atoms with Gasteiger partial charge in [0.05, 0.1) is 18.9 Å². The fraction of sp³-hybridized carbons (Fsp3) is 0.833. The number of morpholine rings is 1. The van der Waals surface area contributed by atoms with E-state index in [4.69, 9.17) is 4.74 Å². The number of aromatic nitrogens is 3. The summed E-state index contributed by atoms with van der Waals surface area (Å²) in [5, 5.41) is 11.8. The highest BCUT2D eigenvalue weighted by Crippen LogP contribution is 2.34. The van der Waals surface area contributed by atoms with Gasteiger partial charge in [-0.2, -0.15) is 0 Å². The molecule has 1 aromatic heterocycles. The van der Waals surface area contributed by atoms with E-state index in [0.717, 1.165) is 64.2 Å². The molecule has 0 bridgehead atoms. The fourth-order valence-electron chi connectivity index (χ4n) is 4.47. The van der Waals surface area contributed by atoms with E-state index in [-0.39, 0.29) is 11.9 Å². The Balaban J connectivity index is 1.30. The number of nitrogens with one attached hydrogen (secondary N) is 1. The molecular weight excluding hydrogens is 318 g/mol. The van der Waals surface area contributed by atoms with Gasteiger partial charge in [-0.25, -0.2) is 4.68 Å². The Labute approximate surface area is 149 Å². The van der Waals surface area contributed by atoms with Crippen molar-refractivity contribution in [2.24, 2.45) is 5.92 Å². The van der Waals surface area contributed by atoms with Crippen molar-refractivity contribution in [3.05, 3.63) is 11.9 Å². The molecular formula is C18H29N5O2. The highest BCUT2D eigenvalue weighted by Gasteiger charge is 2.38. The Hall–Kier alpha value is -1.47. The summed E-state index contributed by atoms with van der Waals surface area (Å²) in [7, 11) is 0. The largest absolute Gasteiger partial charge is 0.379 e. The van der Waals surface area contributed by atoms with Gasteiger partial charge in [-0.15, -0.1) is 5.10 Å². The van der Waals surface area contributed by atoms with Crippen molar-refractivity contribution in [3.8, 4) is 0 Å². The van der Waals surface area contributed by atoms with Gasteiger partial charge in [-0.1, -0.05) is 18.1 Å². The first-order chi connectivity index (χ1) is 12.3. The average Bonchev–Trinajstić information content (AvgIpc) is 3.11. The molecule has 3 atom stereocenters. The van der Waals surface area contributed by atoms with Crippen LogP contribution in [0.25, 0.3) is 0 Å². The van der Waals surface area contributed by atoms with E-state index in [0.29, 0.717) is 12.0 Å². The van der Waals surface area contributed by atoms with Crippen LogP contribution in [0.2, 0.25) is 0 Å². The highest BCUT2D eigenvalue weighted by atomic mass is 16.5. The standard InChI is InChI=1S/C18H29N5O2/c24-18-17(12-14-4-1-2-6-16(14)19-18)23-13-15(20-21-23)5-3-7-22-8-10-25-11-9-22/h13-14,16-17H,1-12H2,(H,19,24). The third-order valence-electron chi connectivity index (χ3n) is 5.95. The lowest BCUT2D eigenvalue weighted by Gasteiger charge is -2.39. The van der Waals surface area contributed by atoms with Crippen LogP contribution in [0.15, 0.2) is 6.20 Å². The molecule has 0 spiro atoms. The minimum absolute atomic E-state index is 0.118. The second kappa shape index (κ2) is 7.83. The predicted molar refractivity (Wildman–Crippen MR) is 93.1 cm³/mol. The zero-order valence-electron chi connectivity index (χ0n) is 14.9. The van der Waals surface area contributed by atoms with Crippen LogP contribution in [-0.4, -0.2) is 64.7 Å². The molecule has 25 heavy (non-hydrogen) atoms. The van der Waals surface area contributed by atoms with Crippen LogP contribution >= 0.6 is 0 Å². The Morgan fingerprint density at radius 1 is 1.24 bits per heavy atom. The van der Waals surface area contributed by atoms with Crippen LogP contribution in [-0.2, 0) is 16.0 Å². The molecule has 3 unspecified atom stereocenters. The summed E-state index contributed by atoms with van der Waals surface area (Å²) in [6.45, 7) is 4.81. The van der Waals surface area contributed by atoms with Crippen LogP contribution < -0.4 is 5.32 Å². The van der Waals surface area contributed by atoms with Crippen molar-refractivity contribution < 1.29 is 9.53 Å². The topological polar surface area (TPSA) is 72.3 Å².